The van der Waals surface area contributed by atoms with E-state index < -0.39 is 36.3 Å². The van der Waals surface area contributed by atoms with Gasteiger partial charge < -0.3 is 25.0 Å². The van der Waals surface area contributed by atoms with E-state index in [0.717, 1.165) is 18.2 Å². The molecule has 2 aromatic carbocycles. The van der Waals surface area contributed by atoms with Gasteiger partial charge in [0.05, 0.1) is 43.7 Å². The minimum Gasteiger partial charge on any atom is -0.497 e. The van der Waals surface area contributed by atoms with Crippen LogP contribution in [0.1, 0.15) is 30.4 Å². The maximum Gasteiger partial charge on any atom is 0.149 e. The second-order valence-corrected chi connectivity index (χ2v) is 9.21. The molecule has 0 bridgehead atoms. The summed E-state index contributed by atoms with van der Waals surface area (Å²) < 4.78 is 53.4. The van der Waals surface area contributed by atoms with Gasteiger partial charge in [-0.05, 0) is 49.2 Å². The molecular formula is C29H31F3N2O4. The number of aromatic nitrogens is 1. The molecule has 0 amide bonds. The number of hydrogen-bond acceptors (Lipinski definition) is 6. The lowest BCUT2D eigenvalue weighted by molar-refractivity contribution is -0.0714. The number of pyridine rings is 1. The van der Waals surface area contributed by atoms with E-state index in [1.807, 2.05) is 0 Å². The first kappa shape index (κ1) is 27.8. The van der Waals surface area contributed by atoms with Crippen molar-refractivity contribution in [2.45, 2.75) is 43.6 Å². The predicted octanol–water partition coefficient (Wildman–Crippen LogP) is 4.64. The molecule has 38 heavy (non-hydrogen) atoms. The van der Waals surface area contributed by atoms with E-state index in [1.165, 1.54) is 12.3 Å². The third-order valence-electron chi connectivity index (χ3n) is 6.57. The van der Waals surface area contributed by atoms with Crippen LogP contribution in [0.3, 0.4) is 0 Å². The molecule has 202 valence electrons. The van der Waals surface area contributed by atoms with Crippen LogP contribution in [0.2, 0.25) is 0 Å². The van der Waals surface area contributed by atoms with Crippen molar-refractivity contribution in [2.75, 3.05) is 20.3 Å². The second-order valence-electron chi connectivity index (χ2n) is 9.21. The minimum atomic E-state index is -0.960. The zero-order valence-electron chi connectivity index (χ0n) is 21.0. The second kappa shape index (κ2) is 13.0. The number of nitrogens with zero attached hydrogens (tertiary/aromatic N) is 1. The first-order valence-corrected chi connectivity index (χ1v) is 12.5. The molecule has 2 heterocycles. The Morgan fingerprint density at radius 2 is 1.97 bits per heavy atom. The Bertz CT molecular complexity index is 1300. The van der Waals surface area contributed by atoms with E-state index >= 15 is 0 Å². The van der Waals surface area contributed by atoms with Crippen LogP contribution in [0.4, 0.5) is 13.2 Å². The highest BCUT2D eigenvalue weighted by Crippen LogP contribution is 2.28. The van der Waals surface area contributed by atoms with Crippen LogP contribution < -0.4 is 10.1 Å². The van der Waals surface area contributed by atoms with Crippen LogP contribution in [0.5, 0.6) is 5.75 Å². The molecule has 1 unspecified atom stereocenters. The molecule has 3 aromatic rings. The zero-order chi connectivity index (χ0) is 27.1. The van der Waals surface area contributed by atoms with Crippen molar-refractivity contribution in [1.82, 2.24) is 10.3 Å². The molecule has 6 nitrogen and oxygen atoms in total. The molecule has 1 aliphatic rings. The van der Waals surface area contributed by atoms with Gasteiger partial charge in [0.2, 0.25) is 0 Å². The molecule has 4 rings (SSSR count). The highest BCUT2D eigenvalue weighted by Gasteiger charge is 2.31. The van der Waals surface area contributed by atoms with Gasteiger partial charge in [-0.15, -0.1) is 0 Å². The zero-order valence-corrected chi connectivity index (χ0v) is 21.0. The van der Waals surface area contributed by atoms with Crippen LogP contribution in [0.25, 0.3) is 23.1 Å². The van der Waals surface area contributed by atoms with Gasteiger partial charge in [0.15, 0.2) is 0 Å². The fourth-order valence-electron chi connectivity index (χ4n) is 4.57. The SMILES string of the molecule is COc1ccc2ncc(F)c(C=C[C@@H]3CC[C@@H](NCC=Cc4cc(F)ccc4F)[C@@H](CC(O)CO)O3)c2c1. The maximum atomic E-state index is 14.7. The van der Waals surface area contributed by atoms with Crippen molar-refractivity contribution < 1.29 is 32.9 Å². The first-order chi connectivity index (χ1) is 18.4. The van der Waals surface area contributed by atoms with Crippen molar-refractivity contribution in [2.24, 2.45) is 0 Å². The number of benzene rings is 2. The van der Waals surface area contributed by atoms with Gasteiger partial charge in [-0.2, -0.15) is 0 Å². The van der Waals surface area contributed by atoms with Crippen LogP contribution in [-0.2, 0) is 4.74 Å². The van der Waals surface area contributed by atoms with Crippen molar-refractivity contribution in [1.29, 1.82) is 0 Å². The summed E-state index contributed by atoms with van der Waals surface area (Å²) >= 11 is 0. The van der Waals surface area contributed by atoms with Gasteiger partial charge in [0, 0.05) is 35.5 Å². The van der Waals surface area contributed by atoms with Crippen molar-refractivity contribution in [3.05, 3.63) is 83.3 Å². The Hall–Kier alpha value is -3.24. The Kier molecular flexibility index (Phi) is 9.52. The Morgan fingerprint density at radius 3 is 2.76 bits per heavy atom. The largest absolute Gasteiger partial charge is 0.497 e. The summed E-state index contributed by atoms with van der Waals surface area (Å²) in [5, 5.41) is 23.4. The fraction of sp³-hybridized carbons (Fsp3) is 0.345. The number of aliphatic hydroxyl groups is 2. The molecular weight excluding hydrogens is 497 g/mol. The predicted molar refractivity (Wildman–Crippen MR) is 140 cm³/mol. The molecule has 3 N–H and O–H groups in total. The molecule has 0 saturated carbocycles. The van der Waals surface area contributed by atoms with Gasteiger partial charge in [-0.3, -0.25) is 4.98 Å². The molecule has 0 spiro atoms. The molecule has 9 heteroatoms. The molecule has 0 radical (unpaired) electrons. The van der Waals surface area contributed by atoms with E-state index in [2.05, 4.69) is 10.3 Å². The molecule has 1 saturated heterocycles. The summed E-state index contributed by atoms with van der Waals surface area (Å²) in [6, 6.07) is 8.38. The molecule has 4 atom stereocenters. The Balaban J connectivity index is 1.44. The number of nitrogens with one attached hydrogen (secondary N) is 1. The van der Waals surface area contributed by atoms with Crippen molar-refractivity contribution in [3.63, 3.8) is 0 Å². The number of aliphatic hydroxyl groups excluding tert-OH is 2. The lowest BCUT2D eigenvalue weighted by Gasteiger charge is -2.37. The average Bonchev–Trinajstić information content (AvgIpc) is 2.92. The van der Waals surface area contributed by atoms with E-state index in [-0.39, 0.29) is 24.1 Å². The quantitative estimate of drug-likeness (QED) is 0.356. The van der Waals surface area contributed by atoms with Crippen LogP contribution in [0.15, 0.2) is 54.7 Å². The van der Waals surface area contributed by atoms with Crippen LogP contribution in [0, 0.1) is 17.5 Å². The number of fused-ring (bicyclic) bond motifs is 1. The fourth-order valence-corrected chi connectivity index (χ4v) is 4.57. The topological polar surface area (TPSA) is 83.8 Å². The van der Waals surface area contributed by atoms with E-state index in [1.54, 1.807) is 43.5 Å². The highest BCUT2D eigenvalue weighted by molar-refractivity contribution is 5.89. The van der Waals surface area contributed by atoms with Crippen molar-refractivity contribution in [3.8, 4) is 5.75 Å². The third kappa shape index (κ3) is 6.99. The van der Waals surface area contributed by atoms with Crippen LogP contribution >= 0.6 is 0 Å². The lowest BCUT2D eigenvalue weighted by atomic mass is 9.94. The smallest absolute Gasteiger partial charge is 0.149 e. The van der Waals surface area contributed by atoms with Gasteiger partial charge in [-0.25, -0.2) is 13.2 Å². The summed E-state index contributed by atoms with van der Waals surface area (Å²) in [7, 11) is 1.54. The summed E-state index contributed by atoms with van der Waals surface area (Å²) in [6.07, 6.45) is 7.63. The summed E-state index contributed by atoms with van der Waals surface area (Å²) in [6.45, 7) is -0.0336. The van der Waals surface area contributed by atoms with E-state index in [4.69, 9.17) is 9.47 Å². The van der Waals surface area contributed by atoms with Gasteiger partial charge in [0.25, 0.3) is 0 Å². The minimum absolute atomic E-state index is 0.148. The number of methoxy groups -OCH3 is 1. The summed E-state index contributed by atoms with van der Waals surface area (Å²) in [4.78, 5) is 4.14. The molecule has 0 aliphatic carbocycles. The number of ether oxygens (including phenoxy) is 2. The first-order valence-electron chi connectivity index (χ1n) is 12.5. The highest BCUT2D eigenvalue weighted by atomic mass is 19.1. The third-order valence-corrected chi connectivity index (χ3v) is 6.57. The van der Waals surface area contributed by atoms with Gasteiger partial charge in [0.1, 0.15) is 23.2 Å². The molecule has 1 aliphatic heterocycles. The number of halogens is 3. The number of rotatable bonds is 10. The summed E-state index contributed by atoms with van der Waals surface area (Å²) in [5.41, 5.74) is 1.16. The van der Waals surface area contributed by atoms with Gasteiger partial charge in [-0.1, -0.05) is 24.3 Å². The summed E-state index contributed by atoms with van der Waals surface area (Å²) in [5.74, 6) is -0.907. The van der Waals surface area contributed by atoms with Crippen LogP contribution in [-0.4, -0.2) is 59.8 Å². The van der Waals surface area contributed by atoms with E-state index in [0.29, 0.717) is 41.6 Å². The standard InChI is InChI=1S/C29H31F3N2O4/c1-37-22-7-10-27-24(15-22)23(26(32)16-34-27)8-5-21-6-11-28(29(38-21)14-20(36)17-35)33-12-2-3-18-13-19(30)4-9-25(18)31/h2-5,7-10,13,15-16,20-21,28-29,33,35-36H,6,11-12,14,17H2,1H3/t20?,21-,28-,29-/m1/s1. The normalized spacial score (nSPS) is 20.9. The van der Waals surface area contributed by atoms with Crippen molar-refractivity contribution >= 4 is 23.1 Å². The Labute approximate surface area is 219 Å². The van der Waals surface area contributed by atoms with E-state index in [9.17, 15) is 23.4 Å². The molecule has 1 aromatic heterocycles. The monoisotopic (exact) mass is 528 g/mol. The molecule has 1 fully saturated rings. The Morgan fingerprint density at radius 1 is 1.13 bits per heavy atom. The average molecular weight is 529 g/mol. The lowest BCUT2D eigenvalue weighted by Crippen LogP contribution is -2.48. The van der Waals surface area contributed by atoms with Gasteiger partial charge >= 0.3 is 0 Å². The number of hydrogen-bond donors (Lipinski definition) is 3. The maximum absolute atomic E-state index is 14.7.